The maximum absolute atomic E-state index is 12.5. The summed E-state index contributed by atoms with van der Waals surface area (Å²) in [7, 11) is 0. The molecule has 3 aliphatic rings. The molecule has 102 valence electrons. The van der Waals surface area contributed by atoms with Gasteiger partial charge in [0.1, 0.15) is 17.8 Å². The summed E-state index contributed by atoms with van der Waals surface area (Å²) in [5.74, 6) is -1.22. The fourth-order valence-electron chi connectivity index (χ4n) is 2.99. The number of Topliss-reactive ketones (excluding diaryl/α,β-unsaturated/α-hetero) is 1. The molecule has 6 heteroatoms. The molecule has 0 radical (unpaired) electrons. The SMILES string of the molecule is C=C1OC(=O)C2=C1O[C@H]1C[C@](C)(CC(O)C1O)C2=O. The van der Waals surface area contributed by atoms with Crippen LogP contribution >= 0.6 is 0 Å². The maximum atomic E-state index is 12.5. The highest BCUT2D eigenvalue weighted by Crippen LogP contribution is 2.46. The number of aliphatic hydroxyl groups excluding tert-OH is 2. The summed E-state index contributed by atoms with van der Waals surface area (Å²) in [6, 6.07) is 0. The van der Waals surface area contributed by atoms with E-state index in [0.717, 1.165) is 0 Å². The highest BCUT2D eigenvalue weighted by Gasteiger charge is 2.54. The zero-order valence-electron chi connectivity index (χ0n) is 10.4. The Morgan fingerprint density at radius 2 is 2.00 bits per heavy atom. The predicted octanol–water partition coefficient (Wildman–Crippen LogP) is -0.199. The first-order chi connectivity index (χ1) is 8.83. The number of hydrogen-bond donors (Lipinski definition) is 2. The molecule has 3 rings (SSSR count). The standard InChI is InChI=1S/C13H14O6/c1-5-10-8(12(17)18-5)11(16)13(2)3-6(14)9(15)7(4-13)19-10/h6-7,9,14-15H,1,3-4H2,2H3/t6?,7-,9?,13-/m0/s1. The van der Waals surface area contributed by atoms with Crippen molar-refractivity contribution >= 4 is 11.8 Å². The van der Waals surface area contributed by atoms with Crippen LogP contribution in [0.15, 0.2) is 23.7 Å². The van der Waals surface area contributed by atoms with E-state index in [4.69, 9.17) is 9.47 Å². The van der Waals surface area contributed by atoms with Crippen LogP contribution in [0.3, 0.4) is 0 Å². The first-order valence-corrected chi connectivity index (χ1v) is 6.07. The summed E-state index contributed by atoms with van der Waals surface area (Å²) in [5, 5.41) is 19.8. The van der Waals surface area contributed by atoms with E-state index >= 15 is 0 Å². The molecule has 0 amide bonds. The van der Waals surface area contributed by atoms with Gasteiger partial charge in [0.25, 0.3) is 0 Å². The molecule has 0 saturated heterocycles. The third kappa shape index (κ3) is 1.56. The Bertz CT molecular complexity index is 533. The minimum Gasteiger partial charge on any atom is -0.483 e. The molecule has 2 unspecified atom stereocenters. The van der Waals surface area contributed by atoms with Gasteiger partial charge in [-0.2, -0.15) is 0 Å². The molecular weight excluding hydrogens is 252 g/mol. The highest BCUT2D eigenvalue weighted by molar-refractivity contribution is 6.22. The number of carbonyl (C=O) groups is 2. The molecule has 6 nitrogen and oxygen atoms in total. The van der Waals surface area contributed by atoms with E-state index in [2.05, 4.69) is 6.58 Å². The molecule has 19 heavy (non-hydrogen) atoms. The fraction of sp³-hybridized carbons (Fsp3) is 0.538. The highest BCUT2D eigenvalue weighted by atomic mass is 16.6. The summed E-state index contributed by atoms with van der Waals surface area (Å²) in [6.07, 6.45) is -2.58. The van der Waals surface area contributed by atoms with Gasteiger partial charge in [-0.1, -0.05) is 13.5 Å². The molecule has 1 saturated carbocycles. The molecule has 1 aliphatic carbocycles. The van der Waals surface area contributed by atoms with Gasteiger partial charge in [0.05, 0.1) is 6.10 Å². The lowest BCUT2D eigenvalue weighted by Crippen LogP contribution is -2.51. The van der Waals surface area contributed by atoms with Gasteiger partial charge in [-0.3, -0.25) is 4.79 Å². The van der Waals surface area contributed by atoms with Crippen molar-refractivity contribution in [3.8, 4) is 0 Å². The molecule has 0 spiro atoms. The molecule has 0 aromatic carbocycles. The van der Waals surface area contributed by atoms with Crippen molar-refractivity contribution in [2.24, 2.45) is 5.41 Å². The van der Waals surface area contributed by atoms with Crippen LogP contribution in [0.4, 0.5) is 0 Å². The Morgan fingerprint density at radius 3 is 2.68 bits per heavy atom. The Morgan fingerprint density at radius 1 is 1.32 bits per heavy atom. The average molecular weight is 266 g/mol. The van der Waals surface area contributed by atoms with Crippen molar-refractivity contribution in [3.63, 3.8) is 0 Å². The number of fused-ring (bicyclic) bond motifs is 2. The molecule has 2 N–H and O–H groups in total. The molecule has 1 fully saturated rings. The van der Waals surface area contributed by atoms with Crippen molar-refractivity contribution in [2.75, 3.05) is 0 Å². The van der Waals surface area contributed by atoms with Crippen LogP contribution in [0.5, 0.6) is 0 Å². The topological polar surface area (TPSA) is 93.1 Å². The zero-order valence-corrected chi connectivity index (χ0v) is 10.4. The number of aliphatic hydroxyl groups is 2. The van der Waals surface area contributed by atoms with Crippen molar-refractivity contribution in [2.45, 2.75) is 38.1 Å². The summed E-state index contributed by atoms with van der Waals surface area (Å²) >= 11 is 0. The second kappa shape index (κ2) is 3.68. The van der Waals surface area contributed by atoms with E-state index in [-0.39, 0.29) is 29.9 Å². The Labute approximate surface area is 109 Å². The van der Waals surface area contributed by atoms with E-state index in [1.807, 2.05) is 0 Å². The lowest BCUT2D eigenvalue weighted by atomic mass is 9.68. The number of cyclic esters (lactones) is 1. The molecule has 2 aliphatic heterocycles. The van der Waals surface area contributed by atoms with Crippen LogP contribution in [0.1, 0.15) is 19.8 Å². The van der Waals surface area contributed by atoms with Crippen LogP contribution in [0.25, 0.3) is 0 Å². The summed E-state index contributed by atoms with van der Waals surface area (Å²) in [5.41, 5.74) is -1.10. The van der Waals surface area contributed by atoms with Gasteiger partial charge in [-0.15, -0.1) is 0 Å². The maximum Gasteiger partial charge on any atom is 0.351 e. The Kier molecular flexibility index (Phi) is 2.40. The minimum atomic E-state index is -1.10. The Hall–Kier alpha value is -1.66. The van der Waals surface area contributed by atoms with Crippen LogP contribution in [-0.4, -0.2) is 40.3 Å². The average Bonchev–Trinajstić information content (AvgIpc) is 2.53. The minimum absolute atomic E-state index is 0.00289. The van der Waals surface area contributed by atoms with Gasteiger partial charge in [0.2, 0.25) is 0 Å². The van der Waals surface area contributed by atoms with Gasteiger partial charge in [-0.25, -0.2) is 4.79 Å². The second-order valence-electron chi connectivity index (χ2n) is 5.53. The van der Waals surface area contributed by atoms with Gasteiger partial charge >= 0.3 is 5.97 Å². The number of esters is 1. The summed E-state index contributed by atoms with van der Waals surface area (Å²) in [6.45, 7) is 5.18. The van der Waals surface area contributed by atoms with Crippen LogP contribution < -0.4 is 0 Å². The van der Waals surface area contributed by atoms with Crippen molar-refractivity contribution in [3.05, 3.63) is 23.7 Å². The van der Waals surface area contributed by atoms with E-state index in [0.29, 0.717) is 0 Å². The first-order valence-electron chi connectivity index (χ1n) is 6.07. The number of ketones is 1. The molecular formula is C13H14O6. The summed E-state index contributed by atoms with van der Waals surface area (Å²) < 4.78 is 10.3. The molecule has 4 atom stereocenters. The Balaban J connectivity index is 2.13. The largest absolute Gasteiger partial charge is 0.483 e. The predicted molar refractivity (Wildman–Crippen MR) is 61.5 cm³/mol. The van der Waals surface area contributed by atoms with E-state index in [1.54, 1.807) is 6.92 Å². The van der Waals surface area contributed by atoms with Crippen molar-refractivity contribution in [1.29, 1.82) is 0 Å². The smallest absolute Gasteiger partial charge is 0.351 e. The number of ether oxygens (including phenoxy) is 2. The molecule has 0 aromatic heterocycles. The van der Waals surface area contributed by atoms with E-state index in [9.17, 15) is 19.8 Å². The monoisotopic (exact) mass is 266 g/mol. The number of rotatable bonds is 0. The third-order valence-corrected chi connectivity index (χ3v) is 4.03. The van der Waals surface area contributed by atoms with Gasteiger partial charge in [0, 0.05) is 5.41 Å². The molecule has 0 aromatic rings. The number of carbonyl (C=O) groups excluding carboxylic acids is 2. The second-order valence-corrected chi connectivity index (χ2v) is 5.53. The van der Waals surface area contributed by atoms with Crippen LogP contribution in [0.2, 0.25) is 0 Å². The fourth-order valence-corrected chi connectivity index (χ4v) is 2.99. The molecule has 2 heterocycles. The lowest BCUT2D eigenvalue weighted by Gasteiger charge is -2.40. The molecule has 2 bridgehead atoms. The van der Waals surface area contributed by atoms with Crippen LogP contribution in [0, 0.1) is 5.41 Å². The normalized spacial score (nSPS) is 41.6. The van der Waals surface area contributed by atoms with Crippen LogP contribution in [-0.2, 0) is 19.1 Å². The van der Waals surface area contributed by atoms with Crippen molar-refractivity contribution in [1.82, 2.24) is 0 Å². The summed E-state index contributed by atoms with van der Waals surface area (Å²) in [4.78, 5) is 24.2. The van der Waals surface area contributed by atoms with E-state index in [1.165, 1.54) is 0 Å². The number of hydrogen-bond acceptors (Lipinski definition) is 6. The quantitative estimate of drug-likeness (QED) is 0.466. The van der Waals surface area contributed by atoms with Crippen molar-refractivity contribution < 1.29 is 29.3 Å². The third-order valence-electron chi connectivity index (χ3n) is 4.03. The zero-order chi connectivity index (χ0) is 13.9. The van der Waals surface area contributed by atoms with E-state index < -0.39 is 35.5 Å². The first kappa shape index (κ1) is 12.4. The van der Waals surface area contributed by atoms with Gasteiger partial charge in [-0.05, 0) is 12.8 Å². The van der Waals surface area contributed by atoms with Gasteiger partial charge < -0.3 is 19.7 Å². The lowest BCUT2D eigenvalue weighted by molar-refractivity contribution is -0.148. The van der Waals surface area contributed by atoms with Gasteiger partial charge in [0.15, 0.2) is 17.3 Å².